The zero-order valence-electron chi connectivity index (χ0n) is 9.86. The highest BCUT2D eigenvalue weighted by Gasteiger charge is 2.12. The first-order chi connectivity index (χ1) is 7.95. The number of hydrogen-bond donors (Lipinski definition) is 3. The highest BCUT2D eigenvalue weighted by atomic mass is 16.4. The molecular weight excluding hydrogens is 220 g/mol. The highest BCUT2D eigenvalue weighted by Crippen LogP contribution is 2.17. The third-order valence-corrected chi connectivity index (χ3v) is 2.53. The van der Waals surface area contributed by atoms with Gasteiger partial charge in [0.25, 0.3) is 0 Å². The fourth-order valence-electron chi connectivity index (χ4n) is 1.30. The lowest BCUT2D eigenvalue weighted by molar-refractivity contribution is -0.119. The van der Waals surface area contributed by atoms with E-state index in [4.69, 9.17) is 10.8 Å². The van der Waals surface area contributed by atoms with Gasteiger partial charge in [-0.2, -0.15) is 0 Å². The van der Waals surface area contributed by atoms with Crippen LogP contribution < -0.4 is 11.1 Å². The molecule has 1 amide bonds. The Labute approximate surface area is 99.6 Å². The molecule has 92 valence electrons. The van der Waals surface area contributed by atoms with E-state index >= 15 is 0 Å². The summed E-state index contributed by atoms with van der Waals surface area (Å²) in [6.45, 7) is 3.75. The molecule has 0 saturated carbocycles. The molecule has 0 spiro atoms. The van der Waals surface area contributed by atoms with E-state index < -0.39 is 5.97 Å². The molecule has 4 N–H and O–H groups in total. The van der Waals surface area contributed by atoms with Crippen LogP contribution in [-0.2, 0) is 4.79 Å². The van der Waals surface area contributed by atoms with Crippen molar-refractivity contribution in [1.29, 1.82) is 0 Å². The number of hydrogen-bond acceptors (Lipinski definition) is 3. The second-order valence-corrected chi connectivity index (χ2v) is 3.96. The Morgan fingerprint density at radius 2 is 2.12 bits per heavy atom. The number of nitrogens with two attached hydrogens (primary N) is 1. The lowest BCUT2D eigenvalue weighted by Crippen LogP contribution is -2.27. The minimum atomic E-state index is -0.985. The zero-order chi connectivity index (χ0) is 13.0. The predicted octanol–water partition coefficient (Wildman–Crippen LogP) is 1.23. The summed E-state index contributed by atoms with van der Waals surface area (Å²) in [6, 6.07) is 4.56. The fourth-order valence-corrected chi connectivity index (χ4v) is 1.30. The summed E-state index contributed by atoms with van der Waals surface area (Å²) in [6.07, 6.45) is 0. The number of carboxylic acids is 1. The van der Waals surface area contributed by atoms with E-state index in [1.165, 1.54) is 12.1 Å². The Kier molecular flexibility index (Phi) is 4.23. The van der Waals surface area contributed by atoms with Gasteiger partial charge >= 0.3 is 5.97 Å². The SMILES string of the molecule is Cc1cc(C(=O)O)ccc1NC(=O)C(C)CN. The molecule has 0 radical (unpaired) electrons. The predicted molar refractivity (Wildman–Crippen MR) is 65.0 cm³/mol. The minimum absolute atomic E-state index is 0.168. The molecule has 17 heavy (non-hydrogen) atoms. The number of aryl methyl sites for hydroxylation is 1. The average Bonchev–Trinajstić information content (AvgIpc) is 2.30. The molecule has 1 unspecified atom stereocenters. The molecule has 0 fully saturated rings. The standard InChI is InChI=1S/C12H16N2O3/c1-7-5-9(12(16)17)3-4-10(7)14-11(15)8(2)6-13/h3-5,8H,6,13H2,1-2H3,(H,14,15)(H,16,17). The van der Waals surface area contributed by atoms with E-state index in [0.717, 1.165) is 0 Å². The van der Waals surface area contributed by atoms with Gasteiger partial charge in [-0.3, -0.25) is 4.79 Å². The third kappa shape index (κ3) is 3.29. The first-order valence-electron chi connectivity index (χ1n) is 5.30. The van der Waals surface area contributed by atoms with Crippen LogP contribution in [0.15, 0.2) is 18.2 Å². The molecule has 1 rings (SSSR count). The monoisotopic (exact) mass is 236 g/mol. The third-order valence-electron chi connectivity index (χ3n) is 2.53. The van der Waals surface area contributed by atoms with Gasteiger partial charge in [0, 0.05) is 18.2 Å². The average molecular weight is 236 g/mol. The van der Waals surface area contributed by atoms with Crippen LogP contribution in [0.5, 0.6) is 0 Å². The Bertz CT molecular complexity index is 443. The van der Waals surface area contributed by atoms with Crippen molar-refractivity contribution in [1.82, 2.24) is 0 Å². The smallest absolute Gasteiger partial charge is 0.335 e. The van der Waals surface area contributed by atoms with Crippen LogP contribution in [0.2, 0.25) is 0 Å². The van der Waals surface area contributed by atoms with Crippen LogP contribution >= 0.6 is 0 Å². The van der Waals surface area contributed by atoms with Gasteiger partial charge in [-0.1, -0.05) is 6.92 Å². The van der Waals surface area contributed by atoms with Crippen LogP contribution in [-0.4, -0.2) is 23.5 Å². The van der Waals surface area contributed by atoms with Crippen molar-refractivity contribution in [3.63, 3.8) is 0 Å². The lowest BCUT2D eigenvalue weighted by atomic mass is 10.1. The summed E-state index contributed by atoms with van der Waals surface area (Å²) in [4.78, 5) is 22.3. The minimum Gasteiger partial charge on any atom is -0.478 e. The molecule has 0 aromatic heterocycles. The fraction of sp³-hybridized carbons (Fsp3) is 0.333. The largest absolute Gasteiger partial charge is 0.478 e. The van der Waals surface area contributed by atoms with Crippen molar-refractivity contribution in [2.75, 3.05) is 11.9 Å². The number of aromatic carboxylic acids is 1. The molecule has 0 aliphatic rings. The Morgan fingerprint density at radius 3 is 2.59 bits per heavy atom. The highest BCUT2D eigenvalue weighted by molar-refractivity contribution is 5.94. The van der Waals surface area contributed by atoms with E-state index in [-0.39, 0.29) is 23.9 Å². The van der Waals surface area contributed by atoms with Gasteiger partial charge in [0.1, 0.15) is 0 Å². The van der Waals surface area contributed by atoms with Gasteiger partial charge in [0.2, 0.25) is 5.91 Å². The maximum atomic E-state index is 11.6. The van der Waals surface area contributed by atoms with Gasteiger partial charge in [-0.25, -0.2) is 4.79 Å². The van der Waals surface area contributed by atoms with E-state index in [0.29, 0.717) is 11.3 Å². The molecule has 5 heteroatoms. The van der Waals surface area contributed by atoms with Crippen molar-refractivity contribution in [2.24, 2.45) is 11.7 Å². The Morgan fingerprint density at radius 1 is 1.47 bits per heavy atom. The number of rotatable bonds is 4. The molecule has 0 bridgehead atoms. The molecule has 1 atom stereocenters. The van der Waals surface area contributed by atoms with Crippen molar-refractivity contribution in [2.45, 2.75) is 13.8 Å². The topological polar surface area (TPSA) is 92.4 Å². The Hall–Kier alpha value is -1.88. The summed E-state index contributed by atoms with van der Waals surface area (Å²) < 4.78 is 0. The molecule has 0 aliphatic heterocycles. The number of anilines is 1. The van der Waals surface area contributed by atoms with Gasteiger partial charge in [0.05, 0.1) is 5.56 Å². The van der Waals surface area contributed by atoms with Crippen LogP contribution in [0, 0.1) is 12.8 Å². The van der Waals surface area contributed by atoms with Crippen LogP contribution in [0.3, 0.4) is 0 Å². The van der Waals surface area contributed by atoms with Gasteiger partial charge < -0.3 is 16.2 Å². The Balaban J connectivity index is 2.86. The number of carbonyl (C=O) groups excluding carboxylic acids is 1. The number of carbonyl (C=O) groups is 2. The van der Waals surface area contributed by atoms with Crippen LogP contribution in [0.4, 0.5) is 5.69 Å². The normalized spacial score (nSPS) is 11.9. The maximum absolute atomic E-state index is 11.6. The van der Waals surface area contributed by atoms with Crippen molar-refractivity contribution < 1.29 is 14.7 Å². The molecular formula is C12H16N2O3. The maximum Gasteiger partial charge on any atom is 0.335 e. The van der Waals surface area contributed by atoms with Gasteiger partial charge in [-0.05, 0) is 30.7 Å². The molecule has 0 saturated heterocycles. The number of benzene rings is 1. The summed E-state index contributed by atoms with van der Waals surface area (Å²) in [7, 11) is 0. The van der Waals surface area contributed by atoms with Crippen molar-refractivity contribution in [3.8, 4) is 0 Å². The number of nitrogens with one attached hydrogen (secondary N) is 1. The number of amides is 1. The zero-order valence-corrected chi connectivity index (χ0v) is 9.86. The molecule has 0 aliphatic carbocycles. The lowest BCUT2D eigenvalue weighted by Gasteiger charge is -2.12. The molecule has 0 heterocycles. The molecule has 1 aromatic carbocycles. The summed E-state index contributed by atoms with van der Waals surface area (Å²) in [5.74, 6) is -1.42. The first kappa shape index (κ1) is 13.2. The summed E-state index contributed by atoms with van der Waals surface area (Å²) >= 11 is 0. The van der Waals surface area contributed by atoms with Crippen molar-refractivity contribution >= 4 is 17.6 Å². The summed E-state index contributed by atoms with van der Waals surface area (Å²) in [5, 5.41) is 11.5. The summed E-state index contributed by atoms with van der Waals surface area (Å²) in [5.41, 5.74) is 6.91. The van der Waals surface area contributed by atoms with Gasteiger partial charge in [0.15, 0.2) is 0 Å². The van der Waals surface area contributed by atoms with Crippen LogP contribution in [0.25, 0.3) is 0 Å². The van der Waals surface area contributed by atoms with E-state index in [9.17, 15) is 9.59 Å². The van der Waals surface area contributed by atoms with E-state index in [2.05, 4.69) is 5.32 Å². The molecule has 1 aromatic rings. The second-order valence-electron chi connectivity index (χ2n) is 3.96. The van der Waals surface area contributed by atoms with Gasteiger partial charge in [-0.15, -0.1) is 0 Å². The molecule has 5 nitrogen and oxygen atoms in total. The quantitative estimate of drug-likeness (QED) is 0.733. The van der Waals surface area contributed by atoms with Crippen LogP contribution in [0.1, 0.15) is 22.8 Å². The second kappa shape index (κ2) is 5.45. The van der Waals surface area contributed by atoms with E-state index in [1.54, 1.807) is 19.9 Å². The first-order valence-corrected chi connectivity index (χ1v) is 5.30. The number of carboxylic acid groups (broad SMARTS) is 1. The van der Waals surface area contributed by atoms with Crippen molar-refractivity contribution in [3.05, 3.63) is 29.3 Å². The van der Waals surface area contributed by atoms with E-state index in [1.807, 2.05) is 0 Å².